The molecule has 2 aromatic heterocycles. The van der Waals surface area contributed by atoms with Gasteiger partial charge in [-0.25, -0.2) is 9.59 Å². The van der Waals surface area contributed by atoms with Crippen LogP contribution >= 0.6 is 11.3 Å². The summed E-state index contributed by atoms with van der Waals surface area (Å²) in [7, 11) is 1.61. The molecule has 0 saturated heterocycles. The SMILES string of the molecule is Cn1c(=O)n(Cc2ccccc2)c(=O)c2cc(C(=O)OCC3CC3)sc21. The Morgan fingerprint density at radius 3 is 2.65 bits per heavy atom. The molecule has 1 aromatic carbocycles. The predicted molar refractivity (Wildman–Crippen MR) is 99.9 cm³/mol. The third-order valence-corrected chi connectivity index (χ3v) is 5.73. The summed E-state index contributed by atoms with van der Waals surface area (Å²) in [5.74, 6) is 0.0420. The fourth-order valence-electron chi connectivity index (χ4n) is 2.84. The highest BCUT2D eigenvalue weighted by Gasteiger charge is 2.24. The van der Waals surface area contributed by atoms with Gasteiger partial charge in [0.05, 0.1) is 18.5 Å². The molecule has 4 rings (SSSR count). The van der Waals surface area contributed by atoms with Gasteiger partial charge in [-0.05, 0) is 30.4 Å². The van der Waals surface area contributed by atoms with Crippen LogP contribution in [0.15, 0.2) is 46.0 Å². The maximum atomic E-state index is 12.8. The van der Waals surface area contributed by atoms with Crippen molar-refractivity contribution in [2.45, 2.75) is 19.4 Å². The number of benzene rings is 1. The summed E-state index contributed by atoms with van der Waals surface area (Å²) in [6, 6.07) is 10.9. The van der Waals surface area contributed by atoms with Gasteiger partial charge in [-0.15, -0.1) is 11.3 Å². The molecule has 0 spiro atoms. The van der Waals surface area contributed by atoms with Gasteiger partial charge in [0.25, 0.3) is 5.56 Å². The Morgan fingerprint density at radius 1 is 1.23 bits per heavy atom. The van der Waals surface area contributed by atoms with E-state index in [4.69, 9.17) is 4.74 Å². The monoisotopic (exact) mass is 370 g/mol. The van der Waals surface area contributed by atoms with Crippen molar-refractivity contribution in [3.8, 4) is 0 Å². The molecule has 0 unspecified atom stereocenters. The van der Waals surface area contributed by atoms with Crippen molar-refractivity contribution in [3.05, 3.63) is 67.7 Å². The van der Waals surface area contributed by atoms with Gasteiger partial charge in [0.2, 0.25) is 0 Å². The summed E-state index contributed by atoms with van der Waals surface area (Å²) >= 11 is 1.12. The highest BCUT2D eigenvalue weighted by Crippen LogP contribution is 2.30. The summed E-state index contributed by atoms with van der Waals surface area (Å²) < 4.78 is 7.91. The molecule has 3 aromatic rings. The second-order valence-electron chi connectivity index (χ2n) is 6.59. The maximum absolute atomic E-state index is 12.8. The van der Waals surface area contributed by atoms with Crippen LogP contribution in [-0.4, -0.2) is 21.7 Å². The van der Waals surface area contributed by atoms with E-state index in [1.165, 1.54) is 9.13 Å². The van der Waals surface area contributed by atoms with E-state index in [-0.39, 0.29) is 12.1 Å². The highest BCUT2D eigenvalue weighted by molar-refractivity contribution is 7.20. The molecule has 2 heterocycles. The van der Waals surface area contributed by atoms with Crippen molar-refractivity contribution in [1.82, 2.24) is 9.13 Å². The molecule has 26 heavy (non-hydrogen) atoms. The fraction of sp³-hybridized carbons (Fsp3) is 0.316. The highest BCUT2D eigenvalue weighted by atomic mass is 32.1. The molecule has 0 bridgehead atoms. The number of thiophene rings is 1. The van der Waals surface area contributed by atoms with Crippen LogP contribution in [0.5, 0.6) is 0 Å². The Bertz CT molecular complexity index is 1090. The minimum atomic E-state index is -0.431. The van der Waals surface area contributed by atoms with Crippen molar-refractivity contribution in [2.75, 3.05) is 6.61 Å². The van der Waals surface area contributed by atoms with Crippen LogP contribution in [0.3, 0.4) is 0 Å². The van der Waals surface area contributed by atoms with E-state index in [1.54, 1.807) is 13.1 Å². The molecule has 0 radical (unpaired) electrons. The lowest BCUT2D eigenvalue weighted by atomic mass is 10.2. The third-order valence-electron chi connectivity index (χ3n) is 4.54. The molecule has 0 atom stereocenters. The van der Waals surface area contributed by atoms with E-state index >= 15 is 0 Å². The van der Waals surface area contributed by atoms with Gasteiger partial charge in [-0.1, -0.05) is 30.3 Å². The lowest BCUT2D eigenvalue weighted by Crippen LogP contribution is -2.38. The molecule has 0 amide bonds. The Hall–Kier alpha value is -2.67. The number of aromatic nitrogens is 2. The normalized spacial score (nSPS) is 13.9. The van der Waals surface area contributed by atoms with Gasteiger partial charge in [0, 0.05) is 7.05 Å². The largest absolute Gasteiger partial charge is 0.461 e. The minimum Gasteiger partial charge on any atom is -0.461 e. The molecular formula is C19H18N2O4S. The first kappa shape index (κ1) is 16.8. The molecule has 0 N–H and O–H groups in total. The summed E-state index contributed by atoms with van der Waals surface area (Å²) in [6.45, 7) is 0.615. The third kappa shape index (κ3) is 3.10. The summed E-state index contributed by atoms with van der Waals surface area (Å²) in [5.41, 5.74) is 0.0842. The van der Waals surface area contributed by atoms with E-state index in [0.717, 1.165) is 29.7 Å². The summed E-state index contributed by atoms with van der Waals surface area (Å²) in [6.07, 6.45) is 2.19. The first-order valence-corrected chi connectivity index (χ1v) is 9.30. The van der Waals surface area contributed by atoms with Gasteiger partial charge >= 0.3 is 11.7 Å². The zero-order valence-corrected chi connectivity index (χ0v) is 15.1. The maximum Gasteiger partial charge on any atom is 0.348 e. The second kappa shape index (κ2) is 6.57. The molecular weight excluding hydrogens is 352 g/mol. The average Bonchev–Trinajstić information content (AvgIpc) is 3.38. The standard InChI is InChI=1S/C19H18N2O4S/c1-20-17-14(9-15(26-17)18(23)25-11-13-7-8-13)16(22)21(19(20)24)10-12-5-3-2-4-6-12/h2-6,9,13H,7-8,10-11H2,1H3. The molecule has 6 nitrogen and oxygen atoms in total. The molecule has 7 heteroatoms. The van der Waals surface area contributed by atoms with Crippen LogP contribution in [-0.2, 0) is 18.3 Å². The van der Waals surface area contributed by atoms with Crippen LogP contribution in [0, 0.1) is 5.92 Å². The zero-order valence-electron chi connectivity index (χ0n) is 14.3. The number of nitrogens with zero attached hydrogens (tertiary/aromatic N) is 2. The molecule has 0 aliphatic heterocycles. The summed E-state index contributed by atoms with van der Waals surface area (Å²) in [4.78, 5) is 38.5. The van der Waals surface area contributed by atoms with Crippen molar-refractivity contribution in [2.24, 2.45) is 13.0 Å². The number of hydrogen-bond acceptors (Lipinski definition) is 5. The van der Waals surface area contributed by atoms with Crippen molar-refractivity contribution in [3.63, 3.8) is 0 Å². The number of carbonyl (C=O) groups excluding carboxylic acids is 1. The minimum absolute atomic E-state index is 0.194. The summed E-state index contributed by atoms with van der Waals surface area (Å²) in [5, 5.41) is 0.367. The van der Waals surface area contributed by atoms with Crippen molar-refractivity contribution < 1.29 is 9.53 Å². The first-order chi connectivity index (χ1) is 12.5. The zero-order chi connectivity index (χ0) is 18.3. The van der Waals surface area contributed by atoms with Crippen LogP contribution in [0.25, 0.3) is 10.2 Å². The molecule has 134 valence electrons. The van der Waals surface area contributed by atoms with Crippen LogP contribution in [0.2, 0.25) is 0 Å². The quantitative estimate of drug-likeness (QED) is 0.647. The fourth-order valence-corrected chi connectivity index (χ4v) is 3.84. The number of fused-ring (bicyclic) bond motifs is 1. The van der Waals surface area contributed by atoms with E-state index in [2.05, 4.69) is 0 Å². The van der Waals surface area contributed by atoms with Gasteiger partial charge in [-0.3, -0.25) is 13.9 Å². The number of aryl methyl sites for hydroxylation is 1. The van der Waals surface area contributed by atoms with Gasteiger partial charge in [0.15, 0.2) is 0 Å². The van der Waals surface area contributed by atoms with Crippen LogP contribution in [0.1, 0.15) is 28.1 Å². The number of carbonyl (C=O) groups is 1. The lowest BCUT2D eigenvalue weighted by Gasteiger charge is -2.08. The van der Waals surface area contributed by atoms with Gasteiger partial charge in [-0.2, -0.15) is 0 Å². The smallest absolute Gasteiger partial charge is 0.348 e. The van der Waals surface area contributed by atoms with Gasteiger partial charge in [0.1, 0.15) is 9.71 Å². The Labute approximate surface area is 153 Å². The molecule has 1 saturated carbocycles. The van der Waals surface area contributed by atoms with Crippen LogP contribution < -0.4 is 11.2 Å². The molecule has 1 aliphatic rings. The second-order valence-corrected chi connectivity index (χ2v) is 7.62. The Kier molecular flexibility index (Phi) is 4.24. The Balaban J connectivity index is 1.74. The topological polar surface area (TPSA) is 70.3 Å². The number of ether oxygens (including phenoxy) is 1. The predicted octanol–water partition coefficient (Wildman–Crippen LogP) is 2.38. The molecule has 1 aliphatic carbocycles. The van der Waals surface area contributed by atoms with E-state index in [9.17, 15) is 14.4 Å². The first-order valence-electron chi connectivity index (χ1n) is 8.49. The number of hydrogen-bond donors (Lipinski definition) is 0. The van der Waals surface area contributed by atoms with Crippen LogP contribution in [0.4, 0.5) is 0 Å². The van der Waals surface area contributed by atoms with Gasteiger partial charge < -0.3 is 4.74 Å². The van der Waals surface area contributed by atoms with E-state index < -0.39 is 11.7 Å². The van der Waals surface area contributed by atoms with E-state index in [1.807, 2.05) is 30.3 Å². The van der Waals surface area contributed by atoms with Crippen molar-refractivity contribution >= 4 is 27.5 Å². The lowest BCUT2D eigenvalue weighted by molar-refractivity contribution is 0.0492. The molecule has 1 fully saturated rings. The Morgan fingerprint density at radius 2 is 1.96 bits per heavy atom. The van der Waals surface area contributed by atoms with Crippen molar-refractivity contribution in [1.29, 1.82) is 0 Å². The number of rotatable bonds is 5. The number of esters is 1. The van der Waals surface area contributed by atoms with E-state index in [0.29, 0.717) is 27.6 Å². The average molecular weight is 370 g/mol.